The molecule has 0 fully saturated rings. The molecule has 0 bridgehead atoms. The van der Waals surface area contributed by atoms with E-state index in [0.29, 0.717) is 16.6 Å². The molecule has 7 nitrogen and oxygen atoms in total. The normalized spacial score (nSPS) is 12.2. The number of nitrogens with zero attached hydrogens (tertiary/aromatic N) is 2. The van der Waals surface area contributed by atoms with E-state index in [1.54, 1.807) is 18.2 Å². The third-order valence-corrected chi connectivity index (χ3v) is 5.04. The number of benzene rings is 2. The van der Waals surface area contributed by atoms with Crippen LogP contribution in [0.1, 0.15) is 66.8 Å². The molecule has 0 amide bonds. The van der Waals surface area contributed by atoms with Crippen molar-refractivity contribution in [3.8, 4) is 11.8 Å². The van der Waals surface area contributed by atoms with Crippen LogP contribution < -0.4 is 0 Å². The number of H-pyrrole nitrogens is 1. The quantitative estimate of drug-likeness (QED) is 0.288. The smallest absolute Gasteiger partial charge is 0.342 e. The van der Waals surface area contributed by atoms with Crippen molar-refractivity contribution in [1.82, 2.24) is 9.97 Å². The van der Waals surface area contributed by atoms with Crippen LogP contribution in [0.5, 0.6) is 5.75 Å². The van der Waals surface area contributed by atoms with Gasteiger partial charge in [-0.1, -0.05) is 45.9 Å². The summed E-state index contributed by atoms with van der Waals surface area (Å²) >= 11 is 0. The molecule has 0 atom stereocenters. The number of phenolic OH excluding ortho intramolecular Hbond substituents is 1. The van der Waals surface area contributed by atoms with Crippen LogP contribution in [0.15, 0.2) is 42.2 Å². The van der Waals surface area contributed by atoms with Gasteiger partial charge in [0, 0.05) is 0 Å². The third kappa shape index (κ3) is 4.53. The summed E-state index contributed by atoms with van der Waals surface area (Å²) in [4.78, 5) is 19.9. The highest BCUT2D eigenvalue weighted by Gasteiger charge is 2.21. The molecule has 1 heterocycles. The Morgan fingerprint density at radius 3 is 2.52 bits per heavy atom. The number of nitrogens with one attached hydrogen (secondary N) is 1. The molecule has 0 radical (unpaired) electrons. The molecule has 0 saturated heterocycles. The minimum Gasteiger partial charge on any atom is -0.507 e. The highest BCUT2D eigenvalue weighted by Crippen LogP contribution is 2.33. The lowest BCUT2D eigenvalue weighted by atomic mass is 9.92. The lowest BCUT2D eigenvalue weighted by Crippen LogP contribution is -2.11. The number of aliphatic hydroxyl groups excluding tert-OH is 1. The molecule has 0 spiro atoms. The van der Waals surface area contributed by atoms with E-state index in [9.17, 15) is 20.3 Å². The first-order chi connectivity index (χ1) is 14.7. The molecule has 3 rings (SSSR count). The first-order valence-electron chi connectivity index (χ1n) is 10.0. The van der Waals surface area contributed by atoms with Gasteiger partial charge in [-0.15, -0.1) is 0 Å². The van der Waals surface area contributed by atoms with Gasteiger partial charge in [0.25, 0.3) is 0 Å². The Labute approximate surface area is 180 Å². The van der Waals surface area contributed by atoms with E-state index in [1.165, 1.54) is 0 Å². The number of carbonyl (C=O) groups excluding carboxylic acids is 1. The topological polar surface area (TPSA) is 119 Å². The number of aromatic nitrogens is 2. The number of para-hydroxylation sites is 2. The van der Waals surface area contributed by atoms with E-state index in [-0.39, 0.29) is 34.5 Å². The van der Waals surface area contributed by atoms with Gasteiger partial charge < -0.3 is 19.9 Å². The van der Waals surface area contributed by atoms with Gasteiger partial charge in [0.15, 0.2) is 11.6 Å². The number of aliphatic hydroxyl groups is 1. The van der Waals surface area contributed by atoms with E-state index in [4.69, 9.17) is 4.74 Å². The fraction of sp³-hybridized carbons (Fsp3) is 0.292. The molecular weight excluding hydrogens is 394 g/mol. The SMILES string of the molecule is CC(C)c1cc(C(=O)OCC(O)=C(C#N)c2nc3ccccc3[nH]2)c(O)c(C(C)C)c1. The van der Waals surface area contributed by atoms with Gasteiger partial charge in [-0.25, -0.2) is 9.78 Å². The minimum absolute atomic E-state index is 0.0109. The largest absolute Gasteiger partial charge is 0.507 e. The van der Waals surface area contributed by atoms with Crippen LogP contribution in [0.25, 0.3) is 16.6 Å². The average molecular weight is 419 g/mol. The monoisotopic (exact) mass is 419 g/mol. The summed E-state index contributed by atoms with van der Waals surface area (Å²) in [7, 11) is 0. The highest BCUT2D eigenvalue weighted by atomic mass is 16.5. The van der Waals surface area contributed by atoms with Gasteiger partial charge in [-0.2, -0.15) is 5.26 Å². The molecule has 3 aromatic rings. The van der Waals surface area contributed by atoms with Crippen molar-refractivity contribution in [2.24, 2.45) is 0 Å². The van der Waals surface area contributed by atoms with Crippen LogP contribution in [0.3, 0.4) is 0 Å². The van der Waals surface area contributed by atoms with E-state index in [2.05, 4.69) is 9.97 Å². The fourth-order valence-corrected chi connectivity index (χ4v) is 3.22. The number of carbonyl (C=O) groups is 1. The number of rotatable bonds is 6. The van der Waals surface area contributed by atoms with Crippen LogP contribution in [0.2, 0.25) is 0 Å². The van der Waals surface area contributed by atoms with Crippen LogP contribution in [-0.2, 0) is 4.74 Å². The number of aromatic amines is 1. The first-order valence-corrected chi connectivity index (χ1v) is 10.0. The maximum atomic E-state index is 12.7. The summed E-state index contributed by atoms with van der Waals surface area (Å²) in [6, 6.07) is 12.6. The van der Waals surface area contributed by atoms with E-state index in [0.717, 1.165) is 5.56 Å². The Morgan fingerprint density at radius 2 is 1.90 bits per heavy atom. The minimum atomic E-state index is -0.782. The summed E-state index contributed by atoms with van der Waals surface area (Å²) in [5, 5.41) is 30.5. The maximum absolute atomic E-state index is 12.7. The number of ether oxygens (including phenoxy) is 1. The molecule has 2 aromatic carbocycles. The van der Waals surface area contributed by atoms with Gasteiger partial charge in [0.2, 0.25) is 0 Å². The Morgan fingerprint density at radius 1 is 1.19 bits per heavy atom. The Kier molecular flexibility index (Phi) is 6.30. The van der Waals surface area contributed by atoms with E-state index >= 15 is 0 Å². The second-order valence-corrected chi connectivity index (χ2v) is 7.93. The predicted octanol–water partition coefficient (Wildman–Crippen LogP) is 5.16. The molecule has 0 aliphatic heterocycles. The summed E-state index contributed by atoms with van der Waals surface area (Å²) in [5.74, 6) is -1.00. The molecule has 1 aromatic heterocycles. The van der Waals surface area contributed by atoms with Crippen molar-refractivity contribution in [3.05, 3.63) is 64.7 Å². The number of fused-ring (bicyclic) bond motifs is 1. The molecule has 31 heavy (non-hydrogen) atoms. The van der Waals surface area contributed by atoms with Crippen molar-refractivity contribution >= 4 is 22.6 Å². The van der Waals surface area contributed by atoms with Crippen LogP contribution in [0.4, 0.5) is 0 Å². The zero-order valence-corrected chi connectivity index (χ0v) is 17.9. The molecule has 0 aliphatic rings. The van der Waals surface area contributed by atoms with Gasteiger partial charge in [0.05, 0.1) is 11.0 Å². The number of phenols is 1. The van der Waals surface area contributed by atoms with Crippen LogP contribution in [0, 0.1) is 11.3 Å². The molecule has 7 heteroatoms. The van der Waals surface area contributed by atoms with Gasteiger partial charge in [-0.05, 0) is 41.2 Å². The van der Waals surface area contributed by atoms with Gasteiger partial charge >= 0.3 is 5.97 Å². The summed E-state index contributed by atoms with van der Waals surface area (Å²) < 4.78 is 5.22. The number of hydrogen-bond acceptors (Lipinski definition) is 6. The summed E-state index contributed by atoms with van der Waals surface area (Å²) in [6.45, 7) is 7.31. The number of aromatic hydroxyl groups is 1. The highest BCUT2D eigenvalue weighted by molar-refractivity contribution is 5.93. The Balaban J connectivity index is 1.87. The molecule has 0 aliphatic carbocycles. The lowest BCUT2D eigenvalue weighted by molar-refractivity contribution is 0.0499. The first kappa shape index (κ1) is 21.9. The number of hydrogen-bond donors (Lipinski definition) is 3. The maximum Gasteiger partial charge on any atom is 0.342 e. The number of esters is 1. The van der Waals surface area contributed by atoms with Crippen molar-refractivity contribution in [2.45, 2.75) is 39.5 Å². The van der Waals surface area contributed by atoms with E-state index < -0.39 is 18.3 Å². The van der Waals surface area contributed by atoms with Crippen molar-refractivity contribution in [2.75, 3.05) is 6.61 Å². The van der Waals surface area contributed by atoms with Crippen molar-refractivity contribution in [3.63, 3.8) is 0 Å². The van der Waals surface area contributed by atoms with Gasteiger partial charge in [0.1, 0.15) is 29.6 Å². The fourth-order valence-electron chi connectivity index (χ4n) is 3.22. The molecule has 160 valence electrons. The van der Waals surface area contributed by atoms with Crippen LogP contribution >= 0.6 is 0 Å². The molecule has 0 unspecified atom stereocenters. The zero-order chi connectivity index (χ0) is 22.7. The number of nitriles is 1. The average Bonchev–Trinajstić information content (AvgIpc) is 3.15. The molecular formula is C24H25N3O4. The Hall–Kier alpha value is -3.79. The van der Waals surface area contributed by atoms with Crippen LogP contribution in [-0.4, -0.2) is 32.8 Å². The van der Waals surface area contributed by atoms with Crippen molar-refractivity contribution in [1.29, 1.82) is 5.26 Å². The van der Waals surface area contributed by atoms with Gasteiger partial charge in [-0.3, -0.25) is 0 Å². The number of allylic oxidation sites excluding steroid dienone is 1. The third-order valence-electron chi connectivity index (χ3n) is 5.04. The number of imidazole rings is 1. The summed E-state index contributed by atoms with van der Waals surface area (Å²) in [5.41, 5.74) is 2.82. The standard InChI is InChI=1S/C24H25N3O4/c1-13(2)15-9-16(14(3)4)22(29)17(10-15)24(30)31-12-21(28)18(11-25)23-26-19-7-5-6-8-20(19)27-23/h5-10,13-14,28-29H,12H2,1-4H3,(H,26,27). The Bertz CT molecular complexity index is 1170. The second kappa shape index (κ2) is 8.92. The lowest BCUT2D eigenvalue weighted by Gasteiger charge is -2.16. The zero-order valence-electron chi connectivity index (χ0n) is 17.9. The predicted molar refractivity (Wildman–Crippen MR) is 118 cm³/mol. The van der Waals surface area contributed by atoms with E-state index in [1.807, 2.05) is 52.0 Å². The summed E-state index contributed by atoms with van der Waals surface area (Å²) in [6.07, 6.45) is 0. The second-order valence-electron chi connectivity index (χ2n) is 7.93. The van der Waals surface area contributed by atoms with Crippen molar-refractivity contribution < 1.29 is 19.7 Å². The molecule has 3 N–H and O–H groups in total. The molecule has 0 saturated carbocycles.